The Hall–Kier alpha value is -1.57. The lowest BCUT2D eigenvalue weighted by atomic mass is 9.94. The smallest absolute Gasteiger partial charge is 0.174 e. The van der Waals surface area contributed by atoms with Gasteiger partial charge in [0.1, 0.15) is 11.8 Å². The highest BCUT2D eigenvalue weighted by Crippen LogP contribution is 2.16. The molecule has 1 rings (SSSR count). The van der Waals surface area contributed by atoms with Gasteiger partial charge in [-0.25, -0.2) is 0 Å². The number of ether oxygens (including phenoxy) is 1. The molecular weight excluding hydrogens is 252 g/mol. The van der Waals surface area contributed by atoms with Gasteiger partial charge in [0.2, 0.25) is 0 Å². The van der Waals surface area contributed by atoms with Crippen LogP contribution in [-0.4, -0.2) is 23.9 Å². The van der Waals surface area contributed by atoms with Crippen LogP contribution in [0.25, 0.3) is 0 Å². The molecule has 0 aliphatic heterocycles. The lowest BCUT2D eigenvalue weighted by Gasteiger charge is -2.25. The van der Waals surface area contributed by atoms with Crippen LogP contribution in [0.5, 0.6) is 5.75 Å². The van der Waals surface area contributed by atoms with E-state index in [9.17, 15) is 5.11 Å². The zero-order valence-corrected chi connectivity index (χ0v) is 12.5. The Morgan fingerprint density at radius 1 is 1.35 bits per heavy atom. The van der Waals surface area contributed by atoms with Crippen LogP contribution in [0, 0.1) is 17.2 Å². The van der Waals surface area contributed by atoms with Gasteiger partial charge >= 0.3 is 0 Å². The predicted octanol–water partition coefficient (Wildman–Crippen LogP) is 2.48. The van der Waals surface area contributed by atoms with Crippen molar-refractivity contribution in [3.8, 4) is 11.8 Å². The molecule has 0 heterocycles. The molecule has 1 unspecified atom stereocenters. The molecule has 110 valence electrons. The topological polar surface area (TPSA) is 65.3 Å². The number of nitriles is 1. The number of nitrogens with zero attached hydrogens (tertiary/aromatic N) is 1. The van der Waals surface area contributed by atoms with Crippen molar-refractivity contribution in [2.24, 2.45) is 5.92 Å². The zero-order chi connectivity index (χ0) is 15.0. The van der Waals surface area contributed by atoms with Crippen LogP contribution in [0.2, 0.25) is 0 Å². The Morgan fingerprint density at radius 3 is 2.55 bits per heavy atom. The first-order valence-corrected chi connectivity index (χ1v) is 6.95. The summed E-state index contributed by atoms with van der Waals surface area (Å²) in [4.78, 5) is 0. The Bertz CT molecular complexity index is 433. The molecule has 4 heteroatoms. The number of benzene rings is 1. The van der Waals surface area contributed by atoms with Gasteiger partial charge in [-0.05, 0) is 37.0 Å². The van der Waals surface area contributed by atoms with E-state index in [1.54, 1.807) is 0 Å². The molecule has 0 radical (unpaired) electrons. The Balaban J connectivity index is 2.37. The zero-order valence-electron chi connectivity index (χ0n) is 12.5. The second-order valence-corrected chi connectivity index (χ2v) is 5.79. The summed E-state index contributed by atoms with van der Waals surface area (Å²) in [5.74, 6) is 1.17. The van der Waals surface area contributed by atoms with Crippen LogP contribution in [-0.2, 0) is 6.54 Å². The molecule has 20 heavy (non-hydrogen) atoms. The molecule has 0 aliphatic carbocycles. The minimum atomic E-state index is -0.677. The lowest BCUT2D eigenvalue weighted by Crippen LogP contribution is -2.38. The summed E-state index contributed by atoms with van der Waals surface area (Å²) in [6.45, 7) is 7.40. The van der Waals surface area contributed by atoms with Gasteiger partial charge in [-0.1, -0.05) is 26.0 Å². The third-order valence-corrected chi connectivity index (χ3v) is 2.91. The largest absolute Gasteiger partial charge is 0.479 e. The molecule has 0 saturated carbocycles. The first-order chi connectivity index (χ1) is 9.43. The SMILES string of the molecule is CC(C)CC(C)(O)CNCc1ccc(OCC#N)cc1. The molecule has 0 amide bonds. The number of rotatable bonds is 8. The third kappa shape index (κ3) is 6.55. The molecule has 4 nitrogen and oxygen atoms in total. The minimum Gasteiger partial charge on any atom is -0.479 e. The van der Waals surface area contributed by atoms with Gasteiger partial charge in [0, 0.05) is 13.1 Å². The van der Waals surface area contributed by atoms with E-state index >= 15 is 0 Å². The van der Waals surface area contributed by atoms with E-state index in [1.807, 2.05) is 37.3 Å². The van der Waals surface area contributed by atoms with Crippen LogP contribution in [0.1, 0.15) is 32.8 Å². The van der Waals surface area contributed by atoms with Crippen molar-refractivity contribution in [2.75, 3.05) is 13.2 Å². The van der Waals surface area contributed by atoms with Crippen LogP contribution in [0.15, 0.2) is 24.3 Å². The van der Waals surface area contributed by atoms with Crippen molar-refractivity contribution in [1.29, 1.82) is 5.26 Å². The van der Waals surface area contributed by atoms with Gasteiger partial charge in [-0.3, -0.25) is 0 Å². The van der Waals surface area contributed by atoms with Crippen molar-refractivity contribution in [3.63, 3.8) is 0 Å². The average molecular weight is 276 g/mol. The van der Waals surface area contributed by atoms with Crippen molar-refractivity contribution >= 4 is 0 Å². The number of hydrogen-bond acceptors (Lipinski definition) is 4. The normalized spacial score (nSPS) is 13.8. The Labute approximate surface area is 121 Å². The predicted molar refractivity (Wildman–Crippen MR) is 79.3 cm³/mol. The monoisotopic (exact) mass is 276 g/mol. The van der Waals surface area contributed by atoms with Crippen molar-refractivity contribution < 1.29 is 9.84 Å². The van der Waals surface area contributed by atoms with Gasteiger partial charge in [-0.2, -0.15) is 5.26 Å². The molecule has 1 aromatic rings. The highest BCUT2D eigenvalue weighted by molar-refractivity contribution is 5.27. The summed E-state index contributed by atoms with van der Waals surface area (Å²) in [7, 11) is 0. The van der Waals surface area contributed by atoms with Gasteiger partial charge in [0.15, 0.2) is 6.61 Å². The van der Waals surface area contributed by atoms with E-state index in [4.69, 9.17) is 10.00 Å². The van der Waals surface area contributed by atoms with E-state index in [0.29, 0.717) is 24.8 Å². The average Bonchev–Trinajstić information content (AvgIpc) is 2.36. The standard InChI is InChI=1S/C16H24N2O2/c1-13(2)10-16(3,19)12-18-11-14-4-6-15(7-5-14)20-9-8-17/h4-7,13,18-19H,9-12H2,1-3H3. The summed E-state index contributed by atoms with van der Waals surface area (Å²) >= 11 is 0. The summed E-state index contributed by atoms with van der Waals surface area (Å²) < 4.78 is 5.19. The molecule has 0 spiro atoms. The van der Waals surface area contributed by atoms with E-state index in [-0.39, 0.29) is 6.61 Å². The molecule has 1 atom stereocenters. The summed E-state index contributed by atoms with van der Waals surface area (Å²) in [6, 6.07) is 9.54. The van der Waals surface area contributed by atoms with Crippen LogP contribution >= 0.6 is 0 Å². The molecule has 0 fully saturated rings. The molecule has 2 N–H and O–H groups in total. The summed E-state index contributed by atoms with van der Waals surface area (Å²) in [6.07, 6.45) is 0.779. The molecule has 0 aliphatic rings. The van der Waals surface area contributed by atoms with Crippen LogP contribution < -0.4 is 10.1 Å². The minimum absolute atomic E-state index is 0.0651. The fraction of sp³-hybridized carbons (Fsp3) is 0.562. The van der Waals surface area contributed by atoms with Gasteiger partial charge in [-0.15, -0.1) is 0 Å². The van der Waals surface area contributed by atoms with Crippen molar-refractivity contribution in [1.82, 2.24) is 5.32 Å². The van der Waals surface area contributed by atoms with Crippen molar-refractivity contribution in [2.45, 2.75) is 39.3 Å². The van der Waals surface area contributed by atoms with E-state index in [1.165, 1.54) is 0 Å². The highest BCUT2D eigenvalue weighted by Gasteiger charge is 2.20. The molecule has 0 aromatic heterocycles. The Morgan fingerprint density at radius 2 is 2.00 bits per heavy atom. The second-order valence-electron chi connectivity index (χ2n) is 5.79. The van der Waals surface area contributed by atoms with Gasteiger partial charge in [0.05, 0.1) is 5.60 Å². The van der Waals surface area contributed by atoms with Gasteiger partial charge < -0.3 is 15.2 Å². The quantitative estimate of drug-likeness (QED) is 0.765. The lowest BCUT2D eigenvalue weighted by molar-refractivity contribution is 0.0383. The van der Waals surface area contributed by atoms with Gasteiger partial charge in [0.25, 0.3) is 0 Å². The number of aliphatic hydroxyl groups is 1. The molecule has 1 aromatic carbocycles. The van der Waals surface area contributed by atoms with E-state index in [0.717, 1.165) is 12.0 Å². The van der Waals surface area contributed by atoms with Crippen molar-refractivity contribution in [3.05, 3.63) is 29.8 Å². The second kappa shape index (κ2) is 7.88. The fourth-order valence-corrected chi connectivity index (χ4v) is 2.25. The number of hydrogen-bond donors (Lipinski definition) is 2. The fourth-order valence-electron chi connectivity index (χ4n) is 2.25. The van der Waals surface area contributed by atoms with Crippen LogP contribution in [0.4, 0.5) is 0 Å². The van der Waals surface area contributed by atoms with Crippen LogP contribution in [0.3, 0.4) is 0 Å². The summed E-state index contributed by atoms with van der Waals surface area (Å²) in [5, 5.41) is 21.9. The summed E-state index contributed by atoms with van der Waals surface area (Å²) in [5.41, 5.74) is 0.443. The highest BCUT2D eigenvalue weighted by atomic mass is 16.5. The maximum Gasteiger partial charge on any atom is 0.174 e. The first-order valence-electron chi connectivity index (χ1n) is 6.95. The molecular formula is C16H24N2O2. The molecule has 0 bridgehead atoms. The maximum absolute atomic E-state index is 10.2. The third-order valence-electron chi connectivity index (χ3n) is 2.91. The number of nitrogens with one attached hydrogen (secondary N) is 1. The van der Waals surface area contributed by atoms with E-state index < -0.39 is 5.60 Å². The maximum atomic E-state index is 10.2. The Kier molecular flexibility index (Phi) is 6.50. The van der Waals surface area contributed by atoms with E-state index in [2.05, 4.69) is 19.2 Å². The first kappa shape index (κ1) is 16.5. The molecule has 0 saturated heterocycles.